The summed E-state index contributed by atoms with van der Waals surface area (Å²) in [5.41, 5.74) is 3.32. The third-order valence-electron chi connectivity index (χ3n) is 3.99. The van der Waals surface area contributed by atoms with Crippen LogP contribution in [0.1, 0.15) is 21.1 Å². The summed E-state index contributed by atoms with van der Waals surface area (Å²) in [4.78, 5) is 19.3. The summed E-state index contributed by atoms with van der Waals surface area (Å²) in [6.45, 7) is 5.31. The maximum Gasteiger partial charge on any atom is 0.308 e. The van der Waals surface area contributed by atoms with Gasteiger partial charge < -0.3 is 10.0 Å². The molecule has 0 aliphatic carbocycles. The number of hydrogen-bond donors (Lipinski definition) is 1. The molecule has 5 heteroatoms. The van der Waals surface area contributed by atoms with Crippen LogP contribution in [0.4, 0.5) is 5.69 Å². The highest BCUT2D eigenvalue weighted by atomic mass is 32.1. The number of aliphatic carboxylic acids is 1. The Balaban J connectivity index is 1.91. The molecule has 1 aromatic heterocycles. The van der Waals surface area contributed by atoms with Gasteiger partial charge in [0.1, 0.15) is 5.01 Å². The lowest BCUT2D eigenvalue weighted by Crippen LogP contribution is -2.38. The van der Waals surface area contributed by atoms with E-state index in [2.05, 4.69) is 22.9 Å². The number of aryl methyl sites for hydroxylation is 2. The lowest BCUT2D eigenvalue weighted by Gasteiger charge is -2.34. The molecule has 2 aromatic rings. The molecule has 1 aliphatic heterocycles. The van der Waals surface area contributed by atoms with Crippen molar-refractivity contribution in [3.63, 3.8) is 0 Å². The standard InChI is InChI=1S/C16H18N2O2S/c1-10-11(2)21-15(17-10)9-18-8-13(16(19)20)7-12-5-3-4-6-14(12)18/h3-6,13H,7-9H2,1-2H3,(H,19,20). The average molecular weight is 302 g/mol. The van der Waals surface area contributed by atoms with Crippen molar-refractivity contribution >= 4 is 23.0 Å². The summed E-state index contributed by atoms with van der Waals surface area (Å²) in [5.74, 6) is -1.07. The van der Waals surface area contributed by atoms with E-state index in [4.69, 9.17) is 0 Å². The van der Waals surface area contributed by atoms with Gasteiger partial charge in [0.05, 0.1) is 18.2 Å². The molecule has 4 nitrogen and oxygen atoms in total. The fraction of sp³-hybridized carbons (Fsp3) is 0.375. The second kappa shape index (κ2) is 5.48. The van der Waals surface area contributed by atoms with Crippen LogP contribution >= 0.6 is 11.3 Å². The summed E-state index contributed by atoms with van der Waals surface area (Å²) in [6.07, 6.45) is 0.609. The number of carboxylic acids is 1. The number of hydrogen-bond acceptors (Lipinski definition) is 4. The minimum atomic E-state index is -0.721. The van der Waals surface area contributed by atoms with Crippen LogP contribution in [0.25, 0.3) is 0 Å². The minimum absolute atomic E-state index is 0.345. The normalized spacial score (nSPS) is 17.6. The predicted molar refractivity (Wildman–Crippen MR) is 83.9 cm³/mol. The number of carboxylic acid groups (broad SMARTS) is 1. The molecule has 0 amide bonds. The Bertz CT molecular complexity index is 661. The van der Waals surface area contributed by atoms with Crippen LogP contribution in [0.2, 0.25) is 0 Å². The lowest BCUT2D eigenvalue weighted by atomic mass is 9.92. The molecule has 110 valence electrons. The second-order valence-corrected chi connectivity index (χ2v) is 6.79. The van der Waals surface area contributed by atoms with E-state index in [0.717, 1.165) is 22.0 Å². The first kappa shape index (κ1) is 14.1. The Morgan fingerprint density at radius 2 is 2.19 bits per heavy atom. The number of rotatable bonds is 3. The van der Waals surface area contributed by atoms with Crippen molar-refractivity contribution in [2.45, 2.75) is 26.8 Å². The molecular weight excluding hydrogens is 284 g/mol. The zero-order chi connectivity index (χ0) is 15.0. The zero-order valence-corrected chi connectivity index (χ0v) is 13.0. The molecular formula is C16H18N2O2S. The Labute approximate surface area is 128 Å². The van der Waals surface area contributed by atoms with E-state index >= 15 is 0 Å². The van der Waals surface area contributed by atoms with Crippen molar-refractivity contribution < 1.29 is 9.90 Å². The average Bonchev–Trinajstić information content (AvgIpc) is 2.77. The zero-order valence-electron chi connectivity index (χ0n) is 12.2. The molecule has 3 rings (SSSR count). The van der Waals surface area contributed by atoms with Gasteiger partial charge in [-0.25, -0.2) is 4.98 Å². The maximum absolute atomic E-state index is 11.4. The van der Waals surface area contributed by atoms with Crippen LogP contribution in [0.15, 0.2) is 24.3 Å². The van der Waals surface area contributed by atoms with Crippen molar-refractivity contribution in [3.8, 4) is 0 Å². The number of para-hydroxylation sites is 1. The van der Waals surface area contributed by atoms with Gasteiger partial charge in [-0.2, -0.15) is 0 Å². The van der Waals surface area contributed by atoms with Gasteiger partial charge in [0.25, 0.3) is 0 Å². The molecule has 1 N–H and O–H groups in total. The lowest BCUT2D eigenvalue weighted by molar-refractivity contribution is -0.141. The Kier molecular flexibility index (Phi) is 3.68. The molecule has 1 unspecified atom stereocenters. The van der Waals surface area contributed by atoms with Gasteiger partial charge in [0, 0.05) is 17.1 Å². The van der Waals surface area contributed by atoms with Gasteiger partial charge in [-0.15, -0.1) is 11.3 Å². The van der Waals surface area contributed by atoms with Crippen molar-refractivity contribution in [3.05, 3.63) is 45.4 Å². The van der Waals surface area contributed by atoms with Crippen molar-refractivity contribution in [1.29, 1.82) is 0 Å². The Morgan fingerprint density at radius 1 is 1.43 bits per heavy atom. The van der Waals surface area contributed by atoms with E-state index in [-0.39, 0.29) is 5.92 Å². The van der Waals surface area contributed by atoms with E-state index in [1.54, 1.807) is 11.3 Å². The van der Waals surface area contributed by atoms with Crippen LogP contribution < -0.4 is 4.90 Å². The summed E-state index contributed by atoms with van der Waals surface area (Å²) in [5, 5.41) is 10.4. The van der Waals surface area contributed by atoms with Crippen LogP contribution in [-0.2, 0) is 17.8 Å². The van der Waals surface area contributed by atoms with Crippen LogP contribution in [0, 0.1) is 19.8 Å². The predicted octanol–water partition coefficient (Wildman–Crippen LogP) is 3.02. The molecule has 1 aliphatic rings. The smallest absolute Gasteiger partial charge is 0.308 e. The third kappa shape index (κ3) is 2.78. The monoisotopic (exact) mass is 302 g/mol. The molecule has 21 heavy (non-hydrogen) atoms. The van der Waals surface area contributed by atoms with E-state index in [1.165, 1.54) is 4.88 Å². The Hall–Kier alpha value is -1.88. The SMILES string of the molecule is Cc1nc(CN2CC(C(=O)O)Cc3ccccc32)sc1C. The van der Waals surface area contributed by atoms with E-state index in [9.17, 15) is 9.90 Å². The molecule has 0 saturated carbocycles. The van der Waals surface area contributed by atoms with E-state index in [1.807, 2.05) is 25.1 Å². The first-order valence-corrected chi connectivity index (χ1v) is 7.85. The van der Waals surface area contributed by atoms with Gasteiger partial charge in [0.2, 0.25) is 0 Å². The fourth-order valence-corrected chi connectivity index (χ4v) is 3.72. The number of thiazole rings is 1. The topological polar surface area (TPSA) is 53.4 Å². The molecule has 0 fully saturated rings. The number of carbonyl (C=O) groups is 1. The highest BCUT2D eigenvalue weighted by molar-refractivity contribution is 7.11. The van der Waals surface area contributed by atoms with E-state index < -0.39 is 5.97 Å². The van der Waals surface area contributed by atoms with Gasteiger partial charge in [-0.3, -0.25) is 4.79 Å². The quantitative estimate of drug-likeness (QED) is 0.947. The molecule has 0 bridgehead atoms. The maximum atomic E-state index is 11.4. The van der Waals surface area contributed by atoms with Crippen LogP contribution in [0.3, 0.4) is 0 Å². The summed E-state index contributed by atoms with van der Waals surface area (Å²) >= 11 is 1.69. The number of fused-ring (bicyclic) bond motifs is 1. The number of aromatic nitrogens is 1. The van der Waals surface area contributed by atoms with Crippen molar-refractivity contribution in [2.24, 2.45) is 5.92 Å². The summed E-state index contributed by atoms with van der Waals surface area (Å²) in [7, 11) is 0. The van der Waals surface area contributed by atoms with Gasteiger partial charge in [0.15, 0.2) is 0 Å². The molecule has 1 atom stereocenters. The summed E-state index contributed by atoms with van der Waals surface area (Å²) < 4.78 is 0. The fourth-order valence-electron chi connectivity index (χ4n) is 2.77. The molecule has 1 aromatic carbocycles. The van der Waals surface area contributed by atoms with Gasteiger partial charge in [-0.05, 0) is 31.9 Å². The molecule has 0 spiro atoms. The molecule has 0 radical (unpaired) electrons. The highest BCUT2D eigenvalue weighted by Crippen LogP contribution is 2.31. The van der Waals surface area contributed by atoms with Crippen molar-refractivity contribution in [2.75, 3.05) is 11.4 Å². The van der Waals surface area contributed by atoms with Crippen LogP contribution in [0.5, 0.6) is 0 Å². The first-order chi connectivity index (χ1) is 10.0. The van der Waals surface area contributed by atoms with Crippen molar-refractivity contribution in [1.82, 2.24) is 4.98 Å². The first-order valence-electron chi connectivity index (χ1n) is 7.03. The van der Waals surface area contributed by atoms with Gasteiger partial charge in [-0.1, -0.05) is 18.2 Å². The molecule has 2 heterocycles. The van der Waals surface area contributed by atoms with Crippen LogP contribution in [-0.4, -0.2) is 22.6 Å². The Morgan fingerprint density at radius 3 is 2.86 bits per heavy atom. The second-order valence-electron chi connectivity index (χ2n) is 5.50. The van der Waals surface area contributed by atoms with Gasteiger partial charge >= 0.3 is 5.97 Å². The number of nitrogens with zero attached hydrogens (tertiary/aromatic N) is 2. The largest absolute Gasteiger partial charge is 0.481 e. The highest BCUT2D eigenvalue weighted by Gasteiger charge is 2.29. The number of anilines is 1. The third-order valence-corrected chi connectivity index (χ3v) is 5.05. The summed E-state index contributed by atoms with van der Waals surface area (Å²) in [6, 6.07) is 8.07. The minimum Gasteiger partial charge on any atom is -0.481 e. The number of benzene rings is 1. The van der Waals surface area contributed by atoms with E-state index in [0.29, 0.717) is 19.5 Å². The molecule has 0 saturated heterocycles.